The Kier molecular flexibility index (Phi) is 5.86. The molecular formula is C33H58OSi. The van der Waals surface area contributed by atoms with Crippen molar-refractivity contribution in [3.8, 4) is 0 Å². The van der Waals surface area contributed by atoms with Gasteiger partial charge in [0.15, 0.2) is 8.32 Å². The molecule has 8 atom stereocenters. The lowest BCUT2D eigenvalue weighted by Crippen LogP contribution is -2.65. The molecule has 0 bridgehead atoms. The van der Waals surface area contributed by atoms with Crippen LogP contribution in [0.5, 0.6) is 0 Å². The fraction of sp³-hybridized carbons (Fsp3) is 0.939. The molecule has 35 heavy (non-hydrogen) atoms. The van der Waals surface area contributed by atoms with E-state index in [2.05, 4.69) is 81.1 Å². The van der Waals surface area contributed by atoms with Crippen LogP contribution in [0.1, 0.15) is 120 Å². The SMILES string of the molecule is CC1(C)CC[C@]2(C)CC[C@]3(C)C(=CC[C@@H]4[C@@]5(C)CC[C@H](O[Si](C)(C)C)C(C)(C)[C@@H]5CC[C@]43C)[C@@H]2C1. The van der Waals surface area contributed by atoms with E-state index in [-0.39, 0.29) is 5.41 Å². The molecule has 0 heterocycles. The van der Waals surface area contributed by atoms with Crippen molar-refractivity contribution in [2.75, 3.05) is 0 Å². The maximum Gasteiger partial charge on any atom is 0.184 e. The van der Waals surface area contributed by atoms with Crippen molar-refractivity contribution in [1.29, 1.82) is 0 Å². The van der Waals surface area contributed by atoms with Gasteiger partial charge in [0, 0.05) is 0 Å². The lowest BCUT2D eigenvalue weighted by atomic mass is 9.33. The molecule has 1 nitrogen and oxygen atoms in total. The van der Waals surface area contributed by atoms with E-state index in [1.54, 1.807) is 0 Å². The van der Waals surface area contributed by atoms with Gasteiger partial charge >= 0.3 is 0 Å². The Balaban J connectivity index is 1.51. The first-order valence-corrected chi connectivity index (χ1v) is 18.7. The lowest BCUT2D eigenvalue weighted by molar-refractivity contribution is -0.200. The van der Waals surface area contributed by atoms with Crippen LogP contribution in [0.2, 0.25) is 19.6 Å². The summed E-state index contributed by atoms with van der Waals surface area (Å²) in [6.45, 7) is 28.3. The first-order chi connectivity index (χ1) is 15.9. The number of hydrogen-bond donors (Lipinski definition) is 0. The molecule has 5 rings (SSSR count). The Morgan fingerprint density at radius 2 is 1.43 bits per heavy atom. The van der Waals surface area contributed by atoms with Gasteiger partial charge in [-0.3, -0.25) is 0 Å². The Morgan fingerprint density at radius 1 is 0.771 bits per heavy atom. The molecule has 0 amide bonds. The van der Waals surface area contributed by atoms with E-state index in [1.165, 1.54) is 64.2 Å². The summed E-state index contributed by atoms with van der Waals surface area (Å²) < 4.78 is 6.87. The summed E-state index contributed by atoms with van der Waals surface area (Å²) in [5, 5.41) is 0. The molecule has 0 aromatic rings. The fourth-order valence-electron chi connectivity index (χ4n) is 11.1. The second-order valence-corrected chi connectivity index (χ2v) is 21.9. The van der Waals surface area contributed by atoms with Crippen LogP contribution in [0.3, 0.4) is 0 Å². The normalized spacial score (nSPS) is 50.8. The zero-order valence-electron chi connectivity index (χ0n) is 25.4. The first kappa shape index (κ1) is 26.5. The number of allylic oxidation sites excluding steroid dienone is 2. The second kappa shape index (κ2) is 7.74. The zero-order valence-corrected chi connectivity index (χ0v) is 26.4. The van der Waals surface area contributed by atoms with Crippen LogP contribution in [0.15, 0.2) is 11.6 Å². The predicted molar refractivity (Wildman–Crippen MR) is 153 cm³/mol. The van der Waals surface area contributed by atoms with E-state index >= 15 is 0 Å². The number of rotatable bonds is 2. The number of fused-ring (bicyclic) bond motifs is 7. The van der Waals surface area contributed by atoms with E-state index in [0.717, 1.165) is 17.8 Å². The smallest absolute Gasteiger partial charge is 0.184 e. The molecule has 4 fully saturated rings. The molecule has 200 valence electrons. The Bertz CT molecular complexity index is 893. The average Bonchev–Trinajstić information content (AvgIpc) is 2.71. The van der Waals surface area contributed by atoms with Gasteiger partial charge in [-0.1, -0.05) is 67.0 Å². The average molecular weight is 499 g/mol. The molecule has 0 N–H and O–H groups in total. The van der Waals surface area contributed by atoms with Crippen LogP contribution in [-0.2, 0) is 4.43 Å². The largest absolute Gasteiger partial charge is 0.414 e. The fourth-order valence-corrected chi connectivity index (χ4v) is 12.4. The maximum atomic E-state index is 6.87. The third-order valence-electron chi connectivity index (χ3n) is 13.5. The Morgan fingerprint density at radius 3 is 2.09 bits per heavy atom. The summed E-state index contributed by atoms with van der Waals surface area (Å²) in [5.74, 6) is 2.41. The van der Waals surface area contributed by atoms with E-state index < -0.39 is 8.32 Å². The summed E-state index contributed by atoms with van der Waals surface area (Å²) in [5.41, 5.74) is 4.49. The van der Waals surface area contributed by atoms with Gasteiger partial charge in [-0.25, -0.2) is 0 Å². The molecule has 5 aliphatic carbocycles. The van der Waals surface area contributed by atoms with Crippen molar-refractivity contribution < 1.29 is 4.43 Å². The van der Waals surface area contributed by atoms with Crippen molar-refractivity contribution in [2.24, 2.45) is 50.2 Å². The van der Waals surface area contributed by atoms with Gasteiger partial charge in [0.1, 0.15) is 0 Å². The minimum atomic E-state index is -1.54. The standard InChI is InChI=1S/C33H58OSi/c1-28(2)18-19-30(5)20-21-32(7)23(24(30)22-28)12-13-26-31(6)16-15-27(34-35(9,10)11)29(3,4)25(31)14-17-33(26,32)8/h12,24-27H,13-22H2,1-11H3/t24-,25-,26+,27-,30+,31-,32+,33+/m0/s1. The molecular weight excluding hydrogens is 440 g/mol. The van der Waals surface area contributed by atoms with Crippen LogP contribution in [0.25, 0.3) is 0 Å². The van der Waals surface area contributed by atoms with E-state index in [0.29, 0.717) is 33.2 Å². The monoisotopic (exact) mass is 498 g/mol. The summed E-state index contributed by atoms with van der Waals surface area (Å²) in [7, 11) is -1.54. The van der Waals surface area contributed by atoms with Crippen LogP contribution in [-0.4, -0.2) is 14.4 Å². The number of hydrogen-bond acceptors (Lipinski definition) is 1. The van der Waals surface area contributed by atoms with Gasteiger partial charge in [-0.15, -0.1) is 0 Å². The molecule has 0 aromatic heterocycles. The van der Waals surface area contributed by atoms with Gasteiger partial charge < -0.3 is 4.43 Å². The lowest BCUT2D eigenvalue weighted by Gasteiger charge is -2.71. The minimum absolute atomic E-state index is 0.276. The van der Waals surface area contributed by atoms with Crippen molar-refractivity contribution >= 4 is 8.32 Å². The van der Waals surface area contributed by atoms with Gasteiger partial charge in [0.2, 0.25) is 0 Å². The van der Waals surface area contributed by atoms with Crippen molar-refractivity contribution in [1.82, 2.24) is 0 Å². The quantitative estimate of drug-likeness (QED) is 0.272. The van der Waals surface area contributed by atoms with Crippen LogP contribution < -0.4 is 0 Å². The van der Waals surface area contributed by atoms with Gasteiger partial charge in [0.05, 0.1) is 6.10 Å². The molecule has 2 heteroatoms. The molecule has 4 saturated carbocycles. The highest BCUT2D eigenvalue weighted by Gasteiger charge is 2.68. The van der Waals surface area contributed by atoms with Gasteiger partial charge in [-0.05, 0) is 134 Å². The molecule has 0 saturated heterocycles. The van der Waals surface area contributed by atoms with Crippen molar-refractivity contribution in [3.63, 3.8) is 0 Å². The topological polar surface area (TPSA) is 9.23 Å². The highest BCUT2D eigenvalue weighted by molar-refractivity contribution is 6.69. The Hall–Kier alpha value is -0.0831. The third kappa shape index (κ3) is 3.76. The van der Waals surface area contributed by atoms with E-state index in [9.17, 15) is 0 Å². The Labute approximate surface area is 219 Å². The molecule has 0 aliphatic heterocycles. The van der Waals surface area contributed by atoms with Gasteiger partial charge in [0.25, 0.3) is 0 Å². The van der Waals surface area contributed by atoms with E-state index in [4.69, 9.17) is 4.43 Å². The second-order valence-electron chi connectivity index (χ2n) is 17.4. The molecule has 0 radical (unpaired) electrons. The van der Waals surface area contributed by atoms with Gasteiger partial charge in [-0.2, -0.15) is 0 Å². The predicted octanol–water partition coefficient (Wildman–Crippen LogP) is 10.0. The maximum absolute atomic E-state index is 6.87. The highest BCUT2D eigenvalue weighted by Crippen LogP contribution is 2.75. The van der Waals surface area contributed by atoms with Crippen LogP contribution in [0.4, 0.5) is 0 Å². The first-order valence-electron chi connectivity index (χ1n) is 15.3. The molecule has 0 aromatic carbocycles. The third-order valence-corrected chi connectivity index (χ3v) is 14.5. The zero-order chi connectivity index (χ0) is 25.9. The highest BCUT2D eigenvalue weighted by atomic mass is 28.4. The van der Waals surface area contributed by atoms with E-state index in [1.807, 2.05) is 5.57 Å². The minimum Gasteiger partial charge on any atom is -0.414 e. The molecule has 0 spiro atoms. The molecule has 0 unspecified atom stereocenters. The summed E-state index contributed by atoms with van der Waals surface area (Å²) in [6, 6.07) is 0. The van der Waals surface area contributed by atoms with Crippen molar-refractivity contribution in [3.05, 3.63) is 11.6 Å². The summed E-state index contributed by atoms with van der Waals surface area (Å²) >= 11 is 0. The summed E-state index contributed by atoms with van der Waals surface area (Å²) in [4.78, 5) is 0. The van der Waals surface area contributed by atoms with Crippen LogP contribution >= 0.6 is 0 Å². The summed E-state index contributed by atoms with van der Waals surface area (Å²) in [6.07, 6.45) is 17.2. The van der Waals surface area contributed by atoms with Crippen LogP contribution in [0, 0.1) is 50.2 Å². The van der Waals surface area contributed by atoms with Crippen molar-refractivity contribution in [2.45, 2.75) is 145 Å². The molecule has 5 aliphatic rings.